The molecule has 0 spiro atoms. The highest BCUT2D eigenvalue weighted by Crippen LogP contribution is 2.36. The van der Waals surface area contributed by atoms with Crippen molar-refractivity contribution in [2.75, 3.05) is 13.2 Å². The number of carboxylic acid groups (broad SMARTS) is 1. The Morgan fingerprint density at radius 1 is 1.04 bits per heavy atom. The van der Waals surface area contributed by atoms with Crippen molar-refractivity contribution in [1.82, 2.24) is 10.6 Å². The summed E-state index contributed by atoms with van der Waals surface area (Å²) in [6.45, 7) is 11.5. The Kier molecular flexibility index (Phi) is 7.53. The summed E-state index contributed by atoms with van der Waals surface area (Å²) in [5, 5.41) is 14.2. The van der Waals surface area contributed by atoms with Crippen LogP contribution >= 0.6 is 0 Å². The normalized spacial score (nSPS) is 21.9. The molecule has 0 aliphatic heterocycles. The van der Waals surface area contributed by atoms with E-state index < -0.39 is 20.5 Å². The Morgan fingerprint density at radius 2 is 1.54 bits per heavy atom. The molecule has 3 N–H and O–H groups in total. The van der Waals surface area contributed by atoms with Crippen LogP contribution in [0.5, 0.6) is 0 Å². The van der Waals surface area contributed by atoms with Crippen LogP contribution < -0.4 is 10.6 Å². The molecule has 140 valence electrons. The predicted molar refractivity (Wildman–Crippen MR) is 94.8 cm³/mol. The van der Waals surface area contributed by atoms with Crippen LogP contribution in [0.4, 0.5) is 9.59 Å². The van der Waals surface area contributed by atoms with Gasteiger partial charge in [-0.3, -0.25) is 0 Å². The molecule has 0 radical (unpaired) electrons. The van der Waals surface area contributed by atoms with E-state index in [9.17, 15) is 9.59 Å². The number of ether oxygens (including phenoxy) is 1. The second kappa shape index (κ2) is 8.71. The Balaban J connectivity index is 2.18. The standard InChI is InChI=1S/C16H32N2O5Si/c1-16(2,3)24(4,5)23-11-10-22-15(21)18-13-8-6-12(7-9-13)17-14(19)20/h12-13,17H,6-11H2,1-5H3,(H,18,21)(H,19,20). The van der Waals surface area contributed by atoms with Crippen LogP contribution in [-0.2, 0) is 9.16 Å². The summed E-state index contributed by atoms with van der Waals surface area (Å²) in [6, 6.07) is 0.0280. The first kappa shape index (κ1) is 20.8. The molecule has 7 nitrogen and oxygen atoms in total. The number of carbonyl (C=O) groups excluding carboxylic acids is 1. The van der Waals surface area contributed by atoms with Crippen molar-refractivity contribution in [3.8, 4) is 0 Å². The zero-order valence-electron chi connectivity index (χ0n) is 15.5. The smallest absolute Gasteiger partial charge is 0.407 e. The van der Waals surface area contributed by atoms with Gasteiger partial charge in [0.15, 0.2) is 8.32 Å². The summed E-state index contributed by atoms with van der Waals surface area (Å²) in [5.74, 6) is 0. The summed E-state index contributed by atoms with van der Waals surface area (Å²) in [7, 11) is -1.81. The molecular formula is C16H32N2O5Si. The maximum absolute atomic E-state index is 11.8. The van der Waals surface area contributed by atoms with Crippen LogP contribution in [0.15, 0.2) is 0 Å². The molecule has 1 rings (SSSR count). The number of alkyl carbamates (subject to hydrolysis) is 1. The Labute approximate surface area is 145 Å². The van der Waals surface area contributed by atoms with Gasteiger partial charge in [-0.25, -0.2) is 9.59 Å². The average Bonchev–Trinajstić information content (AvgIpc) is 2.44. The molecule has 0 saturated heterocycles. The third-order valence-electron chi connectivity index (χ3n) is 4.96. The van der Waals surface area contributed by atoms with Crippen molar-refractivity contribution in [3.63, 3.8) is 0 Å². The van der Waals surface area contributed by atoms with E-state index in [1.807, 2.05) is 0 Å². The minimum absolute atomic E-state index is 0.0189. The number of carbonyl (C=O) groups is 2. The summed E-state index contributed by atoms with van der Waals surface area (Å²) in [6.07, 6.45) is 1.54. The first-order valence-electron chi connectivity index (χ1n) is 8.58. The fraction of sp³-hybridized carbons (Fsp3) is 0.875. The fourth-order valence-electron chi connectivity index (χ4n) is 2.41. The van der Waals surface area contributed by atoms with Gasteiger partial charge in [0, 0.05) is 12.1 Å². The van der Waals surface area contributed by atoms with Gasteiger partial charge in [-0.2, -0.15) is 0 Å². The maximum Gasteiger partial charge on any atom is 0.407 e. The van der Waals surface area contributed by atoms with Crippen molar-refractivity contribution in [2.24, 2.45) is 0 Å². The lowest BCUT2D eigenvalue weighted by Gasteiger charge is -2.36. The molecule has 0 heterocycles. The van der Waals surface area contributed by atoms with Gasteiger partial charge in [-0.05, 0) is 43.8 Å². The lowest BCUT2D eigenvalue weighted by Crippen LogP contribution is -2.44. The van der Waals surface area contributed by atoms with Gasteiger partial charge in [0.1, 0.15) is 6.61 Å². The Hall–Kier alpha value is -1.28. The molecule has 1 aliphatic rings. The molecule has 1 fully saturated rings. The Morgan fingerprint density at radius 3 is 2.00 bits per heavy atom. The van der Waals surface area contributed by atoms with Gasteiger partial charge in [0.05, 0.1) is 6.61 Å². The van der Waals surface area contributed by atoms with Gasteiger partial charge in [0.2, 0.25) is 0 Å². The zero-order chi connectivity index (χ0) is 18.4. The number of amides is 2. The monoisotopic (exact) mass is 360 g/mol. The first-order valence-corrected chi connectivity index (χ1v) is 11.5. The van der Waals surface area contributed by atoms with Crippen LogP contribution in [0.2, 0.25) is 18.1 Å². The number of rotatable bonds is 6. The van der Waals surface area contributed by atoms with E-state index in [0.29, 0.717) is 6.61 Å². The molecule has 8 heteroatoms. The van der Waals surface area contributed by atoms with Crippen LogP contribution in [0.1, 0.15) is 46.5 Å². The highest BCUT2D eigenvalue weighted by atomic mass is 28.4. The fourth-order valence-corrected chi connectivity index (χ4v) is 3.44. The van der Waals surface area contributed by atoms with E-state index in [0.717, 1.165) is 25.7 Å². The van der Waals surface area contributed by atoms with Gasteiger partial charge in [-0.15, -0.1) is 0 Å². The number of hydrogen-bond acceptors (Lipinski definition) is 4. The number of nitrogens with one attached hydrogen (secondary N) is 2. The van der Waals surface area contributed by atoms with E-state index in [2.05, 4.69) is 44.5 Å². The highest BCUT2D eigenvalue weighted by molar-refractivity contribution is 6.74. The van der Waals surface area contributed by atoms with Crippen molar-refractivity contribution in [3.05, 3.63) is 0 Å². The third-order valence-corrected chi connectivity index (χ3v) is 9.50. The molecule has 0 aromatic heterocycles. The van der Waals surface area contributed by atoms with Gasteiger partial charge in [-0.1, -0.05) is 20.8 Å². The van der Waals surface area contributed by atoms with E-state index in [1.54, 1.807) is 0 Å². The molecule has 0 bridgehead atoms. The van der Waals surface area contributed by atoms with E-state index in [1.165, 1.54) is 0 Å². The first-order chi connectivity index (χ1) is 11.0. The van der Waals surface area contributed by atoms with E-state index >= 15 is 0 Å². The lowest BCUT2D eigenvalue weighted by atomic mass is 9.91. The van der Waals surface area contributed by atoms with E-state index in [-0.39, 0.29) is 23.7 Å². The SMILES string of the molecule is CC(C)(C)[Si](C)(C)OCCOC(=O)NC1CCC(NC(=O)O)CC1. The van der Waals surface area contributed by atoms with Crippen LogP contribution in [0.3, 0.4) is 0 Å². The van der Waals surface area contributed by atoms with Crippen LogP contribution in [0.25, 0.3) is 0 Å². The van der Waals surface area contributed by atoms with Crippen molar-refractivity contribution in [1.29, 1.82) is 0 Å². The van der Waals surface area contributed by atoms with Crippen molar-refractivity contribution in [2.45, 2.75) is 76.7 Å². The highest BCUT2D eigenvalue weighted by Gasteiger charge is 2.37. The van der Waals surface area contributed by atoms with Crippen LogP contribution in [-0.4, -0.2) is 50.9 Å². The minimum Gasteiger partial charge on any atom is -0.465 e. The van der Waals surface area contributed by atoms with Crippen LogP contribution in [0, 0.1) is 0 Å². The molecule has 2 amide bonds. The summed E-state index contributed by atoms with van der Waals surface area (Å²) >= 11 is 0. The largest absolute Gasteiger partial charge is 0.465 e. The van der Waals surface area contributed by atoms with Gasteiger partial charge in [0.25, 0.3) is 0 Å². The molecule has 0 atom stereocenters. The zero-order valence-corrected chi connectivity index (χ0v) is 16.5. The predicted octanol–water partition coefficient (Wildman–Crippen LogP) is 3.31. The van der Waals surface area contributed by atoms with Crippen molar-refractivity contribution >= 4 is 20.5 Å². The topological polar surface area (TPSA) is 96.9 Å². The lowest BCUT2D eigenvalue weighted by molar-refractivity contribution is 0.115. The molecular weight excluding hydrogens is 328 g/mol. The third kappa shape index (κ3) is 7.08. The quantitative estimate of drug-likeness (QED) is 0.499. The summed E-state index contributed by atoms with van der Waals surface area (Å²) in [4.78, 5) is 22.4. The van der Waals surface area contributed by atoms with E-state index in [4.69, 9.17) is 14.3 Å². The molecule has 0 aromatic carbocycles. The average molecular weight is 361 g/mol. The Bertz CT molecular complexity index is 429. The summed E-state index contributed by atoms with van der Waals surface area (Å²) in [5.41, 5.74) is 0. The molecule has 0 aromatic rings. The molecule has 1 saturated carbocycles. The molecule has 1 aliphatic carbocycles. The number of hydrogen-bond donors (Lipinski definition) is 3. The van der Waals surface area contributed by atoms with Gasteiger partial charge >= 0.3 is 12.2 Å². The second-order valence-electron chi connectivity index (χ2n) is 7.89. The van der Waals surface area contributed by atoms with Crippen molar-refractivity contribution < 1.29 is 23.9 Å². The molecule has 24 heavy (non-hydrogen) atoms. The maximum atomic E-state index is 11.8. The molecule has 0 unspecified atom stereocenters. The van der Waals surface area contributed by atoms with Gasteiger partial charge < -0.3 is 24.9 Å². The second-order valence-corrected chi connectivity index (χ2v) is 12.7. The minimum atomic E-state index is -1.81. The summed E-state index contributed by atoms with van der Waals surface area (Å²) < 4.78 is 11.1.